The van der Waals surface area contributed by atoms with Gasteiger partial charge in [-0.3, -0.25) is 4.98 Å². The molecule has 2 aliphatic rings. The van der Waals surface area contributed by atoms with E-state index in [9.17, 15) is 0 Å². The topological polar surface area (TPSA) is 41.3 Å². The van der Waals surface area contributed by atoms with Gasteiger partial charge in [0, 0.05) is 22.3 Å². The number of halogens is 1. The molecule has 4 nitrogen and oxygen atoms in total. The van der Waals surface area contributed by atoms with Crippen molar-refractivity contribution in [3.05, 3.63) is 76.7 Å². The maximum atomic E-state index is 6.40. The number of furan rings is 1. The van der Waals surface area contributed by atoms with E-state index in [1.807, 2.05) is 30.5 Å². The Bertz CT molecular complexity index is 998. The van der Waals surface area contributed by atoms with Crippen molar-refractivity contribution >= 4 is 33.3 Å². The SMILES string of the molecule is S=C1NC(c2ccccn2)C(c2ccc(-c3ccc(Br)cc3)o2)N1C1CCCC1. The Hall–Kier alpha value is -2.18. The standard InChI is InChI=1S/C23H22BrN3OS/c24-16-10-8-15(9-11-16)19-12-13-20(28-19)22-21(18-7-3-4-14-25-18)26-23(29)27(22)17-5-1-2-6-17/h3-4,7-14,17,21-22H,1-2,5-6H2,(H,26,29). The molecule has 1 saturated carbocycles. The van der Waals surface area contributed by atoms with Crippen molar-refractivity contribution in [1.29, 1.82) is 0 Å². The molecule has 0 spiro atoms. The third kappa shape index (κ3) is 3.60. The molecule has 0 amide bonds. The molecule has 0 radical (unpaired) electrons. The van der Waals surface area contributed by atoms with Crippen LogP contribution in [0.15, 0.2) is 69.7 Å². The van der Waals surface area contributed by atoms with Gasteiger partial charge in [-0.2, -0.15) is 0 Å². The van der Waals surface area contributed by atoms with E-state index < -0.39 is 0 Å². The van der Waals surface area contributed by atoms with E-state index in [0.29, 0.717) is 6.04 Å². The summed E-state index contributed by atoms with van der Waals surface area (Å²) in [4.78, 5) is 6.98. The molecule has 6 heteroatoms. The molecule has 1 aliphatic heterocycles. The highest BCUT2D eigenvalue weighted by Crippen LogP contribution is 2.44. The monoisotopic (exact) mass is 467 g/mol. The second kappa shape index (κ2) is 7.92. The van der Waals surface area contributed by atoms with Gasteiger partial charge in [0.05, 0.1) is 11.7 Å². The molecule has 2 unspecified atom stereocenters. The average Bonchev–Trinajstić information content (AvgIpc) is 3.48. The summed E-state index contributed by atoms with van der Waals surface area (Å²) in [6, 6.07) is 18.8. The van der Waals surface area contributed by atoms with Gasteiger partial charge in [-0.1, -0.05) is 47.0 Å². The number of hydrogen-bond donors (Lipinski definition) is 1. The Morgan fingerprint density at radius 3 is 2.55 bits per heavy atom. The summed E-state index contributed by atoms with van der Waals surface area (Å²) in [5.74, 6) is 1.80. The van der Waals surface area contributed by atoms with Gasteiger partial charge in [0.1, 0.15) is 17.6 Å². The molecule has 2 atom stereocenters. The molecule has 5 rings (SSSR count). The molecule has 2 fully saturated rings. The van der Waals surface area contributed by atoms with Crippen LogP contribution in [0, 0.1) is 0 Å². The quantitative estimate of drug-likeness (QED) is 0.475. The fraction of sp³-hybridized carbons (Fsp3) is 0.304. The number of pyridine rings is 1. The van der Waals surface area contributed by atoms with Crippen molar-refractivity contribution in [3.8, 4) is 11.3 Å². The third-order valence-electron chi connectivity index (χ3n) is 5.90. The van der Waals surface area contributed by atoms with E-state index in [-0.39, 0.29) is 12.1 Å². The highest BCUT2D eigenvalue weighted by atomic mass is 79.9. The normalized spacial score (nSPS) is 22.2. The fourth-order valence-corrected chi connectivity index (χ4v) is 5.18. The minimum Gasteiger partial charge on any atom is -0.459 e. The Morgan fingerprint density at radius 2 is 1.83 bits per heavy atom. The van der Waals surface area contributed by atoms with E-state index in [1.54, 1.807) is 0 Å². The smallest absolute Gasteiger partial charge is 0.170 e. The summed E-state index contributed by atoms with van der Waals surface area (Å²) >= 11 is 9.28. The van der Waals surface area contributed by atoms with E-state index >= 15 is 0 Å². The van der Waals surface area contributed by atoms with Crippen LogP contribution in [0.3, 0.4) is 0 Å². The predicted octanol–water partition coefficient (Wildman–Crippen LogP) is 6.02. The minimum absolute atomic E-state index is 0.00435. The Balaban J connectivity index is 1.54. The molecular formula is C23H22BrN3OS. The second-order valence-electron chi connectivity index (χ2n) is 7.68. The zero-order valence-corrected chi connectivity index (χ0v) is 18.3. The van der Waals surface area contributed by atoms with Gasteiger partial charge in [0.2, 0.25) is 0 Å². The van der Waals surface area contributed by atoms with Crippen LogP contribution >= 0.6 is 28.1 Å². The van der Waals surface area contributed by atoms with Crippen molar-refractivity contribution in [2.45, 2.75) is 43.8 Å². The van der Waals surface area contributed by atoms with Crippen molar-refractivity contribution in [2.24, 2.45) is 0 Å². The van der Waals surface area contributed by atoms with Crippen LogP contribution < -0.4 is 5.32 Å². The highest BCUT2D eigenvalue weighted by Gasteiger charge is 2.45. The average molecular weight is 468 g/mol. The summed E-state index contributed by atoms with van der Waals surface area (Å²) in [6.45, 7) is 0. The van der Waals surface area contributed by atoms with Crippen molar-refractivity contribution < 1.29 is 4.42 Å². The maximum absolute atomic E-state index is 6.40. The summed E-state index contributed by atoms with van der Waals surface area (Å²) in [7, 11) is 0. The van der Waals surface area contributed by atoms with Crippen molar-refractivity contribution in [3.63, 3.8) is 0 Å². The molecule has 1 aromatic carbocycles. The summed E-state index contributed by atoms with van der Waals surface area (Å²) < 4.78 is 7.46. The number of nitrogens with zero attached hydrogens (tertiary/aromatic N) is 2. The number of rotatable bonds is 4. The van der Waals surface area contributed by atoms with E-state index in [2.05, 4.69) is 61.5 Å². The van der Waals surface area contributed by atoms with Gasteiger partial charge in [-0.25, -0.2) is 0 Å². The zero-order valence-electron chi connectivity index (χ0n) is 15.9. The van der Waals surface area contributed by atoms with Gasteiger partial charge in [-0.15, -0.1) is 0 Å². The Kier molecular flexibility index (Phi) is 5.14. The first-order chi connectivity index (χ1) is 14.2. The molecular weight excluding hydrogens is 446 g/mol. The van der Waals surface area contributed by atoms with Gasteiger partial charge < -0.3 is 14.6 Å². The third-order valence-corrected chi connectivity index (χ3v) is 6.76. The number of nitrogens with one attached hydrogen (secondary N) is 1. The van der Waals surface area contributed by atoms with E-state index in [1.165, 1.54) is 25.7 Å². The van der Waals surface area contributed by atoms with E-state index in [0.717, 1.165) is 32.4 Å². The molecule has 3 heterocycles. The first-order valence-electron chi connectivity index (χ1n) is 10.1. The van der Waals surface area contributed by atoms with Crippen LogP contribution in [-0.4, -0.2) is 21.0 Å². The van der Waals surface area contributed by atoms with Crippen LogP contribution in [0.25, 0.3) is 11.3 Å². The van der Waals surface area contributed by atoms with Crippen molar-refractivity contribution in [1.82, 2.24) is 15.2 Å². The lowest BCUT2D eigenvalue weighted by molar-refractivity contribution is 0.218. The molecule has 2 aromatic heterocycles. The van der Waals surface area contributed by atoms with Gasteiger partial charge in [0.25, 0.3) is 0 Å². The van der Waals surface area contributed by atoms with E-state index in [4.69, 9.17) is 16.6 Å². The molecule has 0 bridgehead atoms. The van der Waals surface area contributed by atoms with Gasteiger partial charge >= 0.3 is 0 Å². The molecule has 148 valence electrons. The minimum atomic E-state index is -0.0202. The van der Waals surface area contributed by atoms with Crippen LogP contribution in [0.5, 0.6) is 0 Å². The number of aromatic nitrogens is 1. The maximum Gasteiger partial charge on any atom is 0.170 e. The number of benzene rings is 1. The molecule has 29 heavy (non-hydrogen) atoms. The van der Waals surface area contributed by atoms with Crippen LogP contribution in [0.4, 0.5) is 0 Å². The zero-order chi connectivity index (χ0) is 19.8. The Morgan fingerprint density at radius 1 is 1.03 bits per heavy atom. The van der Waals surface area contributed by atoms with Gasteiger partial charge in [-0.05, 0) is 61.5 Å². The predicted molar refractivity (Wildman–Crippen MR) is 121 cm³/mol. The Labute approximate surface area is 184 Å². The lowest BCUT2D eigenvalue weighted by Gasteiger charge is -2.31. The summed E-state index contributed by atoms with van der Waals surface area (Å²) in [5, 5.41) is 4.34. The fourth-order valence-electron chi connectivity index (χ4n) is 4.53. The molecule has 1 N–H and O–H groups in total. The molecule has 3 aromatic rings. The first-order valence-corrected chi connectivity index (χ1v) is 11.3. The number of hydrogen-bond acceptors (Lipinski definition) is 3. The molecule has 1 saturated heterocycles. The molecule has 1 aliphatic carbocycles. The second-order valence-corrected chi connectivity index (χ2v) is 8.98. The number of thiocarbonyl (C=S) groups is 1. The van der Waals surface area contributed by atoms with Crippen LogP contribution in [0.2, 0.25) is 0 Å². The summed E-state index contributed by atoms with van der Waals surface area (Å²) in [5.41, 5.74) is 2.05. The lowest BCUT2D eigenvalue weighted by Crippen LogP contribution is -2.37. The van der Waals surface area contributed by atoms with Crippen LogP contribution in [0.1, 0.15) is 49.2 Å². The first kappa shape index (κ1) is 18.8. The lowest BCUT2D eigenvalue weighted by atomic mass is 10.0. The largest absolute Gasteiger partial charge is 0.459 e. The summed E-state index contributed by atoms with van der Waals surface area (Å²) in [6.07, 6.45) is 6.70. The van der Waals surface area contributed by atoms with Crippen LogP contribution in [-0.2, 0) is 0 Å². The van der Waals surface area contributed by atoms with Gasteiger partial charge in [0.15, 0.2) is 5.11 Å². The highest BCUT2D eigenvalue weighted by molar-refractivity contribution is 9.10. The van der Waals surface area contributed by atoms with Crippen molar-refractivity contribution in [2.75, 3.05) is 0 Å².